The maximum absolute atomic E-state index is 12.4. The number of methoxy groups -OCH3 is 1. The minimum absolute atomic E-state index is 0.0965. The van der Waals surface area contributed by atoms with Crippen molar-refractivity contribution in [1.29, 1.82) is 0 Å². The van der Waals surface area contributed by atoms with Crippen LogP contribution in [0.1, 0.15) is 0 Å². The molecule has 2 aromatic carbocycles. The number of aromatic amines is 1. The van der Waals surface area contributed by atoms with Gasteiger partial charge in [0.05, 0.1) is 30.6 Å². The molecule has 0 aliphatic rings. The van der Waals surface area contributed by atoms with E-state index >= 15 is 0 Å². The summed E-state index contributed by atoms with van der Waals surface area (Å²) < 4.78 is 6.57. The molecule has 1 amide bonds. The van der Waals surface area contributed by atoms with Crippen molar-refractivity contribution >= 4 is 40.2 Å². The smallest absolute Gasteiger partial charge is 0.263 e. The number of hydrogen-bond acceptors (Lipinski definition) is 6. The zero-order chi connectivity index (χ0) is 21.1. The summed E-state index contributed by atoms with van der Waals surface area (Å²) >= 11 is 6.24. The number of halogens is 1. The lowest BCUT2D eigenvalue weighted by Gasteiger charge is -2.09. The number of amides is 1. The molecule has 2 heterocycles. The third-order valence-electron chi connectivity index (χ3n) is 4.31. The van der Waals surface area contributed by atoms with Crippen molar-refractivity contribution in [1.82, 2.24) is 19.7 Å². The third-order valence-corrected chi connectivity index (χ3v) is 4.63. The van der Waals surface area contributed by atoms with E-state index in [2.05, 4.69) is 25.7 Å². The van der Waals surface area contributed by atoms with Gasteiger partial charge in [0, 0.05) is 5.69 Å². The number of para-hydroxylation sites is 1. The number of nitrogens with one attached hydrogen (secondary N) is 3. The molecule has 0 radical (unpaired) electrons. The van der Waals surface area contributed by atoms with E-state index < -0.39 is 0 Å². The predicted molar refractivity (Wildman–Crippen MR) is 115 cm³/mol. The molecule has 3 N–H and O–H groups in total. The van der Waals surface area contributed by atoms with Crippen LogP contribution in [-0.4, -0.2) is 39.3 Å². The number of carbonyl (C=O) groups is 1. The highest BCUT2D eigenvalue weighted by molar-refractivity contribution is 6.32. The molecule has 4 rings (SSSR count). The van der Waals surface area contributed by atoms with Crippen molar-refractivity contribution in [3.05, 3.63) is 70.1 Å². The minimum Gasteiger partial charge on any atom is -0.497 e. The highest BCUT2D eigenvalue weighted by atomic mass is 35.5. The molecule has 0 fully saturated rings. The second kappa shape index (κ2) is 8.26. The molecule has 10 heteroatoms. The number of carbonyl (C=O) groups excluding carboxylic acids is 1. The van der Waals surface area contributed by atoms with Crippen molar-refractivity contribution in [3.63, 3.8) is 0 Å². The van der Waals surface area contributed by atoms with Gasteiger partial charge < -0.3 is 15.4 Å². The first-order chi connectivity index (χ1) is 14.5. The quantitative estimate of drug-likeness (QED) is 0.438. The molecule has 0 unspecified atom stereocenters. The van der Waals surface area contributed by atoms with E-state index in [0.29, 0.717) is 33.2 Å². The second-order valence-electron chi connectivity index (χ2n) is 6.29. The lowest BCUT2D eigenvalue weighted by molar-refractivity contribution is -0.114. The third kappa shape index (κ3) is 3.96. The molecule has 0 spiro atoms. The molecule has 0 saturated heterocycles. The van der Waals surface area contributed by atoms with E-state index in [-0.39, 0.29) is 24.0 Å². The number of H-pyrrole nitrogens is 1. The molecule has 2 aromatic heterocycles. The normalized spacial score (nSPS) is 10.7. The van der Waals surface area contributed by atoms with Gasteiger partial charge >= 0.3 is 0 Å². The van der Waals surface area contributed by atoms with Crippen molar-refractivity contribution in [2.75, 3.05) is 24.3 Å². The number of rotatable bonds is 6. The van der Waals surface area contributed by atoms with Crippen molar-refractivity contribution in [2.45, 2.75) is 0 Å². The van der Waals surface area contributed by atoms with Gasteiger partial charge in [-0.2, -0.15) is 10.1 Å². The fraction of sp³-hybridized carbons (Fsp3) is 0.100. The molecule has 152 valence electrons. The molecule has 0 aliphatic carbocycles. The predicted octanol–water partition coefficient (Wildman–Crippen LogP) is 2.82. The minimum atomic E-state index is -0.378. The Morgan fingerprint density at radius 3 is 2.70 bits per heavy atom. The van der Waals surface area contributed by atoms with Crippen LogP contribution in [0, 0.1) is 0 Å². The average Bonchev–Trinajstić information content (AvgIpc) is 3.17. The number of ether oxygens (including phenoxy) is 1. The average molecular weight is 425 g/mol. The fourth-order valence-electron chi connectivity index (χ4n) is 2.85. The van der Waals surface area contributed by atoms with Gasteiger partial charge in [0.15, 0.2) is 5.65 Å². The fourth-order valence-corrected chi connectivity index (χ4v) is 3.06. The molecule has 0 bridgehead atoms. The number of anilines is 2. The van der Waals surface area contributed by atoms with Crippen LogP contribution in [0.15, 0.2) is 59.5 Å². The summed E-state index contributed by atoms with van der Waals surface area (Å²) in [4.78, 5) is 31.6. The summed E-state index contributed by atoms with van der Waals surface area (Å²) in [5.74, 6) is 0.532. The zero-order valence-corrected chi connectivity index (χ0v) is 16.6. The van der Waals surface area contributed by atoms with Crippen molar-refractivity contribution < 1.29 is 9.53 Å². The van der Waals surface area contributed by atoms with Gasteiger partial charge in [-0.25, -0.2) is 4.68 Å². The van der Waals surface area contributed by atoms with Gasteiger partial charge in [-0.3, -0.25) is 14.6 Å². The van der Waals surface area contributed by atoms with Crippen LogP contribution >= 0.6 is 11.6 Å². The summed E-state index contributed by atoms with van der Waals surface area (Å²) in [5, 5.41) is 10.6. The van der Waals surface area contributed by atoms with Crippen LogP contribution < -0.4 is 20.9 Å². The molecule has 9 nitrogen and oxygen atoms in total. The first-order valence-corrected chi connectivity index (χ1v) is 9.33. The second-order valence-corrected chi connectivity index (χ2v) is 6.70. The van der Waals surface area contributed by atoms with Gasteiger partial charge in [-0.1, -0.05) is 23.7 Å². The molecular weight excluding hydrogens is 408 g/mol. The Morgan fingerprint density at radius 1 is 1.20 bits per heavy atom. The Bertz CT molecular complexity index is 1270. The molecule has 0 saturated carbocycles. The maximum Gasteiger partial charge on any atom is 0.263 e. The maximum atomic E-state index is 12.4. The van der Waals surface area contributed by atoms with Crippen LogP contribution in [0.2, 0.25) is 5.02 Å². The Kier molecular flexibility index (Phi) is 5.36. The topological polar surface area (TPSA) is 114 Å². The largest absolute Gasteiger partial charge is 0.497 e. The van der Waals surface area contributed by atoms with Crippen LogP contribution in [0.25, 0.3) is 16.7 Å². The van der Waals surface area contributed by atoms with E-state index in [9.17, 15) is 9.59 Å². The molecule has 30 heavy (non-hydrogen) atoms. The first-order valence-electron chi connectivity index (χ1n) is 8.96. The number of aromatic nitrogens is 4. The van der Waals surface area contributed by atoms with Gasteiger partial charge in [0.2, 0.25) is 11.9 Å². The van der Waals surface area contributed by atoms with Crippen molar-refractivity contribution in [2.24, 2.45) is 0 Å². The van der Waals surface area contributed by atoms with Crippen LogP contribution in [0.4, 0.5) is 11.6 Å². The summed E-state index contributed by atoms with van der Waals surface area (Å²) in [7, 11) is 1.57. The van der Waals surface area contributed by atoms with Crippen LogP contribution in [0.5, 0.6) is 5.75 Å². The number of fused-ring (bicyclic) bond motifs is 1. The number of benzene rings is 2. The van der Waals surface area contributed by atoms with E-state index in [0.717, 1.165) is 0 Å². The van der Waals surface area contributed by atoms with Crippen LogP contribution in [0.3, 0.4) is 0 Å². The van der Waals surface area contributed by atoms with E-state index in [1.807, 2.05) is 6.07 Å². The van der Waals surface area contributed by atoms with Gasteiger partial charge in [0.25, 0.3) is 5.56 Å². The summed E-state index contributed by atoms with van der Waals surface area (Å²) in [6, 6.07) is 14.0. The van der Waals surface area contributed by atoms with E-state index in [1.54, 1.807) is 49.6 Å². The van der Waals surface area contributed by atoms with Gasteiger partial charge in [0.1, 0.15) is 11.1 Å². The van der Waals surface area contributed by atoms with Gasteiger partial charge in [-0.15, -0.1) is 0 Å². The zero-order valence-electron chi connectivity index (χ0n) is 15.8. The Balaban J connectivity index is 1.53. The van der Waals surface area contributed by atoms with E-state index in [4.69, 9.17) is 16.3 Å². The lowest BCUT2D eigenvalue weighted by Crippen LogP contribution is -2.24. The van der Waals surface area contributed by atoms with Crippen LogP contribution in [-0.2, 0) is 4.79 Å². The standard InChI is InChI=1S/C20H17ClN6O3/c1-30-13-8-6-12(7-9-13)24-17(28)11-22-20-25-18-14(19(29)26-20)10-23-27(18)16-5-3-2-4-15(16)21/h2-10H,11H2,1H3,(H,24,28)(H2,22,25,26,29). The highest BCUT2D eigenvalue weighted by Crippen LogP contribution is 2.22. The lowest BCUT2D eigenvalue weighted by atomic mass is 10.3. The highest BCUT2D eigenvalue weighted by Gasteiger charge is 2.14. The number of hydrogen-bond donors (Lipinski definition) is 3. The monoisotopic (exact) mass is 424 g/mol. The number of nitrogens with zero attached hydrogens (tertiary/aromatic N) is 3. The molecule has 0 atom stereocenters. The Labute approximate surface area is 175 Å². The Hall–Kier alpha value is -3.85. The molecule has 4 aromatic rings. The summed E-state index contributed by atoms with van der Waals surface area (Å²) in [6.07, 6.45) is 1.42. The van der Waals surface area contributed by atoms with E-state index in [1.165, 1.54) is 10.9 Å². The van der Waals surface area contributed by atoms with Gasteiger partial charge in [-0.05, 0) is 36.4 Å². The SMILES string of the molecule is COc1ccc(NC(=O)CNc2nc3c(cnn3-c3ccccc3Cl)c(=O)[nH]2)cc1. The summed E-state index contributed by atoms with van der Waals surface area (Å²) in [6.45, 7) is -0.0965. The molecular formula is C20H17ClN6O3. The Morgan fingerprint density at radius 2 is 1.97 bits per heavy atom. The summed E-state index contributed by atoms with van der Waals surface area (Å²) in [5.41, 5.74) is 1.16. The van der Waals surface area contributed by atoms with Crippen molar-refractivity contribution in [3.8, 4) is 11.4 Å². The molecule has 0 aliphatic heterocycles. The first kappa shape index (κ1) is 19.5.